The van der Waals surface area contributed by atoms with Crippen LogP contribution in [0.2, 0.25) is 0 Å². The summed E-state index contributed by atoms with van der Waals surface area (Å²) in [5.41, 5.74) is 2.01. The van der Waals surface area contributed by atoms with Crippen molar-refractivity contribution in [3.63, 3.8) is 0 Å². The van der Waals surface area contributed by atoms with Gasteiger partial charge >= 0.3 is 0 Å². The van der Waals surface area contributed by atoms with E-state index in [1.54, 1.807) is 11.9 Å². The number of piperidine rings is 1. The number of aryl methyl sites for hydroxylation is 1. The Balaban J connectivity index is 1.43. The second kappa shape index (κ2) is 10.4. The van der Waals surface area contributed by atoms with Gasteiger partial charge in [-0.15, -0.1) is 0 Å². The van der Waals surface area contributed by atoms with Crippen molar-refractivity contribution in [2.45, 2.75) is 45.8 Å². The van der Waals surface area contributed by atoms with Gasteiger partial charge in [-0.25, -0.2) is 4.31 Å². The third-order valence-electron chi connectivity index (χ3n) is 4.90. The average Bonchev–Trinajstić information content (AvgIpc) is 2.68. The van der Waals surface area contributed by atoms with Crippen molar-refractivity contribution in [3.8, 4) is 0 Å². The molecule has 1 atom stereocenters. The minimum Gasteiger partial charge on any atom is -0.374 e. The zero-order valence-electron chi connectivity index (χ0n) is 16.5. The summed E-state index contributed by atoms with van der Waals surface area (Å²) in [6.07, 6.45) is 8.52. The Labute approximate surface area is 176 Å². The van der Waals surface area contributed by atoms with Crippen LogP contribution in [0.3, 0.4) is 0 Å². The monoisotopic (exact) mass is 421 g/mol. The highest BCUT2D eigenvalue weighted by atomic mass is 35.5. The van der Waals surface area contributed by atoms with Crippen molar-refractivity contribution in [1.82, 2.24) is 14.6 Å². The number of rotatable bonds is 7. The van der Waals surface area contributed by atoms with Gasteiger partial charge in [-0.05, 0) is 62.4 Å². The molecule has 1 amide bonds. The molecule has 2 heterocycles. The summed E-state index contributed by atoms with van der Waals surface area (Å²) < 4.78 is 8.01. The first-order valence-electron chi connectivity index (χ1n) is 9.85. The molecule has 1 unspecified atom stereocenters. The van der Waals surface area contributed by atoms with Crippen LogP contribution >= 0.6 is 23.5 Å². The molecular weight excluding hydrogens is 394 g/mol. The Morgan fingerprint density at radius 2 is 2.18 bits per heavy atom. The molecule has 1 fully saturated rings. The Bertz CT molecular complexity index is 728. The summed E-state index contributed by atoms with van der Waals surface area (Å²) in [4.78, 5) is 17.9. The lowest BCUT2D eigenvalue weighted by Gasteiger charge is -2.31. The number of pyridine rings is 1. The first kappa shape index (κ1) is 21.4. The van der Waals surface area contributed by atoms with E-state index in [0.29, 0.717) is 13.2 Å². The maximum atomic E-state index is 12.5. The zero-order valence-corrected chi connectivity index (χ0v) is 18.1. The molecule has 0 aromatic carbocycles. The summed E-state index contributed by atoms with van der Waals surface area (Å²) in [5.74, 6) is 0.196. The van der Waals surface area contributed by atoms with E-state index in [1.165, 1.54) is 0 Å². The highest BCUT2D eigenvalue weighted by molar-refractivity contribution is 8.01. The molecular formula is C21H28ClN3O2S. The summed E-state index contributed by atoms with van der Waals surface area (Å²) in [6, 6.07) is 3.97. The molecule has 0 radical (unpaired) electrons. The fraction of sp³-hybridized carbons (Fsp3) is 0.524. The van der Waals surface area contributed by atoms with Gasteiger partial charge in [0.2, 0.25) is 5.91 Å². The standard InChI is InChI=1S/C21H28ClN3O2S/c1-3-27-19-10-17(22)11-20(12-19)28-25-8-6-16(7-9-25)21(26)24-14-18-5-4-15(2)13-23-18/h4-5,11-13,16,19H,3,6-10,14H2,1-2H3,(H,24,26). The van der Waals surface area contributed by atoms with Crippen LogP contribution in [-0.2, 0) is 16.1 Å². The second-order valence-electron chi connectivity index (χ2n) is 7.20. The lowest BCUT2D eigenvalue weighted by atomic mass is 9.97. The van der Waals surface area contributed by atoms with Crippen LogP contribution in [0.25, 0.3) is 0 Å². The van der Waals surface area contributed by atoms with Crippen LogP contribution in [0.15, 0.2) is 40.4 Å². The van der Waals surface area contributed by atoms with E-state index in [9.17, 15) is 4.79 Å². The molecule has 0 spiro atoms. The molecule has 7 heteroatoms. The van der Waals surface area contributed by atoms with E-state index in [4.69, 9.17) is 16.3 Å². The molecule has 1 aliphatic carbocycles. The van der Waals surface area contributed by atoms with Crippen LogP contribution in [0.1, 0.15) is 37.4 Å². The summed E-state index contributed by atoms with van der Waals surface area (Å²) >= 11 is 7.98. The number of carbonyl (C=O) groups excluding carboxylic acids is 1. The topological polar surface area (TPSA) is 54.5 Å². The van der Waals surface area contributed by atoms with Crippen molar-refractivity contribution < 1.29 is 9.53 Å². The van der Waals surface area contributed by atoms with Crippen LogP contribution in [-0.4, -0.2) is 41.0 Å². The van der Waals surface area contributed by atoms with Gasteiger partial charge in [-0.3, -0.25) is 9.78 Å². The van der Waals surface area contributed by atoms with Crippen molar-refractivity contribution >= 4 is 29.5 Å². The quantitative estimate of drug-likeness (QED) is 0.669. The van der Waals surface area contributed by atoms with Crippen LogP contribution in [0.5, 0.6) is 0 Å². The molecule has 5 nitrogen and oxygen atoms in total. The van der Waals surface area contributed by atoms with Gasteiger partial charge in [0.15, 0.2) is 0 Å². The highest BCUT2D eigenvalue weighted by Gasteiger charge is 2.26. The number of aromatic nitrogens is 1. The van der Waals surface area contributed by atoms with Gasteiger partial charge in [0.1, 0.15) is 0 Å². The first-order valence-corrected chi connectivity index (χ1v) is 11.0. The number of carbonyl (C=O) groups is 1. The van der Waals surface area contributed by atoms with Gasteiger partial charge in [0, 0.05) is 48.2 Å². The fourth-order valence-electron chi connectivity index (χ4n) is 3.36. The maximum absolute atomic E-state index is 12.5. The van der Waals surface area contributed by atoms with Crippen LogP contribution in [0, 0.1) is 12.8 Å². The van der Waals surface area contributed by atoms with Crippen LogP contribution in [0.4, 0.5) is 0 Å². The van der Waals surface area contributed by atoms with E-state index in [2.05, 4.69) is 20.7 Å². The Morgan fingerprint density at radius 3 is 2.86 bits per heavy atom. The number of hydrogen-bond donors (Lipinski definition) is 1. The van der Waals surface area contributed by atoms with Crippen molar-refractivity contribution in [1.29, 1.82) is 0 Å². The molecule has 3 rings (SSSR count). The highest BCUT2D eigenvalue weighted by Crippen LogP contribution is 2.33. The predicted molar refractivity (Wildman–Crippen MR) is 115 cm³/mol. The zero-order chi connectivity index (χ0) is 19.9. The smallest absolute Gasteiger partial charge is 0.223 e. The molecule has 1 N–H and O–H groups in total. The van der Waals surface area contributed by atoms with Gasteiger partial charge in [0.25, 0.3) is 0 Å². The van der Waals surface area contributed by atoms with E-state index in [0.717, 1.165) is 53.5 Å². The lowest BCUT2D eigenvalue weighted by Crippen LogP contribution is -2.38. The fourth-order valence-corrected chi connectivity index (χ4v) is 4.79. The normalized spacial score (nSPS) is 21.2. The van der Waals surface area contributed by atoms with E-state index >= 15 is 0 Å². The summed E-state index contributed by atoms with van der Waals surface area (Å²) in [6.45, 7) is 6.94. The molecule has 1 aromatic heterocycles. The Kier molecular flexibility index (Phi) is 7.97. The van der Waals surface area contributed by atoms with E-state index in [1.807, 2.05) is 38.3 Å². The minimum absolute atomic E-state index is 0.0590. The molecule has 0 bridgehead atoms. The number of hydrogen-bond acceptors (Lipinski definition) is 5. The third kappa shape index (κ3) is 6.34. The van der Waals surface area contributed by atoms with E-state index < -0.39 is 0 Å². The lowest BCUT2D eigenvalue weighted by molar-refractivity contribution is -0.126. The predicted octanol–water partition coefficient (Wildman–Crippen LogP) is 4.18. The summed E-state index contributed by atoms with van der Waals surface area (Å²) in [5, 5.41) is 3.86. The van der Waals surface area contributed by atoms with Crippen molar-refractivity contribution in [2.24, 2.45) is 5.92 Å². The van der Waals surface area contributed by atoms with Crippen LogP contribution < -0.4 is 5.32 Å². The average molecular weight is 422 g/mol. The number of nitrogens with one attached hydrogen (secondary N) is 1. The molecule has 1 aliphatic heterocycles. The van der Waals surface area contributed by atoms with Gasteiger partial charge < -0.3 is 10.1 Å². The molecule has 0 saturated carbocycles. The number of amides is 1. The van der Waals surface area contributed by atoms with Gasteiger partial charge in [-0.1, -0.05) is 17.7 Å². The molecule has 2 aliphatic rings. The second-order valence-corrected chi connectivity index (χ2v) is 8.85. The number of nitrogens with zero attached hydrogens (tertiary/aromatic N) is 2. The largest absolute Gasteiger partial charge is 0.374 e. The SMILES string of the molecule is CCOC1C=C(SN2CCC(C(=O)NCc3ccc(C)cn3)CC2)C=C(Cl)C1. The first-order chi connectivity index (χ1) is 13.5. The van der Waals surface area contributed by atoms with E-state index in [-0.39, 0.29) is 17.9 Å². The molecule has 1 aromatic rings. The maximum Gasteiger partial charge on any atom is 0.223 e. The summed E-state index contributed by atoms with van der Waals surface area (Å²) in [7, 11) is 0. The third-order valence-corrected chi connectivity index (χ3v) is 6.25. The van der Waals surface area contributed by atoms with Gasteiger partial charge in [0.05, 0.1) is 18.3 Å². The number of halogens is 1. The minimum atomic E-state index is 0.0590. The number of ether oxygens (including phenoxy) is 1. The number of allylic oxidation sites excluding steroid dienone is 1. The molecule has 28 heavy (non-hydrogen) atoms. The molecule has 152 valence electrons. The Hall–Kier alpha value is -1.34. The molecule has 1 saturated heterocycles. The van der Waals surface area contributed by atoms with Gasteiger partial charge in [-0.2, -0.15) is 0 Å². The van der Waals surface area contributed by atoms with Crippen molar-refractivity contribution in [2.75, 3.05) is 19.7 Å². The van der Waals surface area contributed by atoms with Crippen molar-refractivity contribution in [3.05, 3.63) is 51.7 Å². The Morgan fingerprint density at radius 1 is 1.39 bits per heavy atom.